The monoisotopic (exact) mass is 334 g/mol. The van der Waals surface area contributed by atoms with Crippen molar-refractivity contribution < 1.29 is 14.3 Å². The standard InChI is InChI=1S/C10H8Br2O3/c1-5(13)6-3-7(10(14)15-2)9(12)4-8(6)11/h3-4H,1-2H3. The van der Waals surface area contributed by atoms with Crippen LogP contribution in [0.4, 0.5) is 0 Å². The van der Waals surface area contributed by atoms with Gasteiger partial charge >= 0.3 is 5.97 Å². The van der Waals surface area contributed by atoms with E-state index in [1.54, 1.807) is 6.07 Å². The molecule has 0 saturated heterocycles. The summed E-state index contributed by atoms with van der Waals surface area (Å²) in [5, 5.41) is 0. The van der Waals surface area contributed by atoms with Crippen molar-refractivity contribution in [2.45, 2.75) is 6.92 Å². The zero-order chi connectivity index (χ0) is 11.6. The zero-order valence-corrected chi connectivity index (χ0v) is 11.3. The van der Waals surface area contributed by atoms with Crippen LogP contribution >= 0.6 is 31.9 Å². The zero-order valence-electron chi connectivity index (χ0n) is 8.14. The molecule has 0 radical (unpaired) electrons. The Hall–Kier alpha value is -0.680. The largest absolute Gasteiger partial charge is 0.465 e. The molecule has 1 aromatic rings. The Morgan fingerprint density at radius 3 is 2.13 bits per heavy atom. The Labute approximate surface area is 104 Å². The van der Waals surface area contributed by atoms with Crippen molar-refractivity contribution in [3.05, 3.63) is 32.2 Å². The van der Waals surface area contributed by atoms with E-state index < -0.39 is 5.97 Å². The molecule has 0 unspecified atom stereocenters. The van der Waals surface area contributed by atoms with E-state index in [2.05, 4.69) is 36.6 Å². The lowest BCUT2D eigenvalue weighted by Gasteiger charge is -2.06. The van der Waals surface area contributed by atoms with Crippen LogP contribution in [-0.4, -0.2) is 18.9 Å². The number of ketones is 1. The summed E-state index contributed by atoms with van der Waals surface area (Å²) in [5.41, 5.74) is 0.796. The van der Waals surface area contributed by atoms with Gasteiger partial charge in [0.05, 0.1) is 12.7 Å². The highest BCUT2D eigenvalue weighted by Crippen LogP contribution is 2.27. The molecule has 0 fully saturated rings. The molecule has 0 spiro atoms. The van der Waals surface area contributed by atoms with Crippen LogP contribution in [0, 0.1) is 0 Å². The average molecular weight is 336 g/mol. The maximum atomic E-state index is 11.3. The maximum Gasteiger partial charge on any atom is 0.339 e. The second-order valence-electron chi connectivity index (χ2n) is 2.86. The van der Waals surface area contributed by atoms with Crippen LogP contribution in [0.5, 0.6) is 0 Å². The van der Waals surface area contributed by atoms with E-state index in [-0.39, 0.29) is 5.78 Å². The molecular formula is C10H8Br2O3. The lowest BCUT2D eigenvalue weighted by molar-refractivity contribution is 0.0599. The van der Waals surface area contributed by atoms with Crippen LogP contribution in [0.15, 0.2) is 21.1 Å². The third-order valence-electron chi connectivity index (χ3n) is 1.84. The molecule has 0 atom stereocenters. The molecule has 0 aliphatic heterocycles. The third-order valence-corrected chi connectivity index (χ3v) is 3.15. The Bertz CT molecular complexity index is 427. The molecule has 1 rings (SSSR count). The second kappa shape index (κ2) is 4.90. The molecule has 0 aliphatic rings. The fraction of sp³-hybridized carbons (Fsp3) is 0.200. The first-order valence-corrected chi connectivity index (χ1v) is 5.64. The summed E-state index contributed by atoms with van der Waals surface area (Å²) >= 11 is 6.48. The highest BCUT2D eigenvalue weighted by Gasteiger charge is 2.15. The topological polar surface area (TPSA) is 43.4 Å². The molecule has 3 nitrogen and oxygen atoms in total. The van der Waals surface area contributed by atoms with E-state index in [9.17, 15) is 9.59 Å². The first kappa shape index (κ1) is 12.4. The number of hydrogen-bond acceptors (Lipinski definition) is 3. The molecule has 0 amide bonds. The maximum absolute atomic E-state index is 11.3. The van der Waals surface area contributed by atoms with E-state index in [0.717, 1.165) is 0 Å². The van der Waals surface area contributed by atoms with E-state index in [1.165, 1.54) is 20.1 Å². The molecule has 80 valence electrons. The molecule has 15 heavy (non-hydrogen) atoms. The number of carbonyl (C=O) groups excluding carboxylic acids is 2. The summed E-state index contributed by atoms with van der Waals surface area (Å²) in [5.74, 6) is -0.587. The van der Waals surface area contributed by atoms with E-state index >= 15 is 0 Å². The first-order valence-electron chi connectivity index (χ1n) is 4.05. The normalized spacial score (nSPS) is 9.87. The van der Waals surface area contributed by atoms with Gasteiger partial charge in [-0.25, -0.2) is 4.79 Å². The number of ether oxygens (including phenoxy) is 1. The van der Waals surface area contributed by atoms with Gasteiger partial charge in [-0.15, -0.1) is 0 Å². The fourth-order valence-electron chi connectivity index (χ4n) is 1.09. The number of hydrogen-bond donors (Lipinski definition) is 0. The minimum atomic E-state index is -0.475. The lowest BCUT2D eigenvalue weighted by atomic mass is 10.1. The van der Waals surface area contributed by atoms with Gasteiger partial charge in [0.25, 0.3) is 0 Å². The number of halogens is 2. The van der Waals surface area contributed by atoms with Gasteiger partial charge in [-0.2, -0.15) is 0 Å². The average Bonchev–Trinajstić information content (AvgIpc) is 2.16. The highest BCUT2D eigenvalue weighted by atomic mass is 79.9. The summed E-state index contributed by atoms with van der Waals surface area (Å²) < 4.78 is 5.83. The Morgan fingerprint density at radius 1 is 1.13 bits per heavy atom. The first-order chi connectivity index (χ1) is 6.97. The minimum absolute atomic E-state index is 0.112. The van der Waals surface area contributed by atoms with Crippen molar-refractivity contribution in [1.29, 1.82) is 0 Å². The van der Waals surface area contributed by atoms with Gasteiger partial charge in [0.15, 0.2) is 5.78 Å². The van der Waals surface area contributed by atoms with Crippen molar-refractivity contribution in [1.82, 2.24) is 0 Å². The molecule has 5 heteroatoms. The number of Topliss-reactive ketones (excluding diaryl/α,β-unsaturated/α-hetero) is 1. The van der Waals surface area contributed by atoms with Crippen LogP contribution < -0.4 is 0 Å². The van der Waals surface area contributed by atoms with E-state index in [4.69, 9.17) is 0 Å². The summed E-state index contributed by atoms with van der Waals surface area (Å²) in [6.07, 6.45) is 0. The SMILES string of the molecule is COC(=O)c1cc(C(C)=O)c(Br)cc1Br. The van der Waals surface area contributed by atoms with Crippen LogP contribution in [0.2, 0.25) is 0 Å². The van der Waals surface area contributed by atoms with Gasteiger partial charge in [-0.05, 0) is 35.0 Å². The van der Waals surface area contributed by atoms with Gasteiger partial charge < -0.3 is 4.74 Å². The van der Waals surface area contributed by atoms with Crippen LogP contribution in [0.3, 0.4) is 0 Å². The molecule has 0 heterocycles. The molecule has 0 bridgehead atoms. The van der Waals surface area contributed by atoms with Crippen molar-refractivity contribution in [3.8, 4) is 0 Å². The second-order valence-corrected chi connectivity index (χ2v) is 4.57. The van der Waals surface area contributed by atoms with Gasteiger partial charge in [-0.3, -0.25) is 4.79 Å². The van der Waals surface area contributed by atoms with Gasteiger partial charge in [0.1, 0.15) is 0 Å². The van der Waals surface area contributed by atoms with Crippen LogP contribution in [-0.2, 0) is 4.74 Å². The van der Waals surface area contributed by atoms with Gasteiger partial charge in [0.2, 0.25) is 0 Å². The summed E-state index contributed by atoms with van der Waals surface area (Å²) in [4.78, 5) is 22.6. The van der Waals surface area contributed by atoms with Crippen molar-refractivity contribution >= 4 is 43.6 Å². The predicted molar refractivity (Wildman–Crippen MR) is 63.2 cm³/mol. The van der Waals surface area contributed by atoms with E-state index in [0.29, 0.717) is 20.1 Å². The summed E-state index contributed by atoms with van der Waals surface area (Å²) in [7, 11) is 1.30. The molecule has 0 aromatic heterocycles. The molecular weight excluding hydrogens is 328 g/mol. The number of benzene rings is 1. The van der Waals surface area contributed by atoms with Crippen LogP contribution in [0.1, 0.15) is 27.6 Å². The van der Waals surface area contributed by atoms with E-state index in [1.807, 2.05) is 0 Å². The third kappa shape index (κ3) is 2.66. The predicted octanol–water partition coefficient (Wildman–Crippen LogP) is 3.20. The van der Waals surface area contributed by atoms with Crippen LogP contribution in [0.25, 0.3) is 0 Å². The quantitative estimate of drug-likeness (QED) is 0.615. The molecule has 0 aliphatic carbocycles. The molecule has 1 aromatic carbocycles. The summed E-state index contributed by atoms with van der Waals surface area (Å²) in [6.45, 7) is 1.44. The lowest BCUT2D eigenvalue weighted by Crippen LogP contribution is -2.05. The highest BCUT2D eigenvalue weighted by molar-refractivity contribution is 9.11. The minimum Gasteiger partial charge on any atom is -0.465 e. The van der Waals surface area contributed by atoms with Gasteiger partial charge in [-0.1, -0.05) is 15.9 Å². The Balaban J connectivity index is 3.36. The smallest absolute Gasteiger partial charge is 0.339 e. The molecule has 0 N–H and O–H groups in total. The summed E-state index contributed by atoms with van der Waals surface area (Å²) in [6, 6.07) is 3.16. The van der Waals surface area contributed by atoms with Crippen molar-refractivity contribution in [3.63, 3.8) is 0 Å². The number of esters is 1. The number of carbonyl (C=O) groups is 2. The number of rotatable bonds is 2. The van der Waals surface area contributed by atoms with Crippen molar-refractivity contribution in [2.75, 3.05) is 7.11 Å². The Morgan fingerprint density at radius 2 is 1.67 bits per heavy atom. The molecule has 0 saturated carbocycles. The Kier molecular flexibility index (Phi) is 4.04. The van der Waals surface area contributed by atoms with Gasteiger partial charge in [0, 0.05) is 14.5 Å². The van der Waals surface area contributed by atoms with Crippen molar-refractivity contribution in [2.24, 2.45) is 0 Å². The fourth-order valence-corrected chi connectivity index (χ4v) is 2.52. The number of methoxy groups -OCH3 is 1.